The smallest absolute Gasteiger partial charge is 0.158 e. The summed E-state index contributed by atoms with van der Waals surface area (Å²) in [4.78, 5) is 11.0. The van der Waals surface area contributed by atoms with Crippen LogP contribution in [-0.2, 0) is 11.3 Å². The van der Waals surface area contributed by atoms with Gasteiger partial charge in [0.15, 0.2) is 5.82 Å². The molecule has 0 bridgehead atoms. The van der Waals surface area contributed by atoms with Crippen LogP contribution < -0.4 is 10.6 Å². The molecule has 0 spiro atoms. The molecule has 0 aliphatic rings. The third kappa shape index (κ3) is 6.68. The van der Waals surface area contributed by atoms with Gasteiger partial charge in [-0.05, 0) is 33.5 Å². The Bertz CT molecular complexity index is 384. The van der Waals surface area contributed by atoms with Crippen LogP contribution >= 0.6 is 0 Å². The van der Waals surface area contributed by atoms with Gasteiger partial charge in [0, 0.05) is 26.3 Å². The highest BCUT2D eigenvalue weighted by Gasteiger charge is 2.04. The molecule has 1 rings (SSSR count). The fourth-order valence-corrected chi connectivity index (χ4v) is 1.74. The van der Waals surface area contributed by atoms with E-state index in [4.69, 9.17) is 4.74 Å². The van der Waals surface area contributed by atoms with Gasteiger partial charge < -0.3 is 20.3 Å². The van der Waals surface area contributed by atoms with Crippen molar-refractivity contribution in [2.24, 2.45) is 0 Å². The molecule has 1 heterocycles. The Kier molecular flexibility index (Phi) is 7.91. The molecule has 0 saturated heterocycles. The number of nitrogens with one attached hydrogen (secondary N) is 2. The number of ether oxygens (including phenoxy) is 1. The van der Waals surface area contributed by atoms with Crippen molar-refractivity contribution in [1.29, 1.82) is 0 Å². The van der Waals surface area contributed by atoms with Crippen LogP contribution in [0.4, 0.5) is 11.6 Å². The zero-order valence-electron chi connectivity index (χ0n) is 13.1. The first kappa shape index (κ1) is 16.7. The minimum absolute atomic E-state index is 0.425. The van der Waals surface area contributed by atoms with Crippen LogP contribution in [-0.4, -0.2) is 55.7 Å². The van der Waals surface area contributed by atoms with Crippen molar-refractivity contribution in [3.8, 4) is 0 Å². The maximum atomic E-state index is 5.11. The Morgan fingerprint density at radius 3 is 2.35 bits per heavy atom. The topological polar surface area (TPSA) is 62.3 Å². The van der Waals surface area contributed by atoms with Crippen LogP contribution in [0.15, 0.2) is 6.07 Å². The van der Waals surface area contributed by atoms with Gasteiger partial charge in [-0.25, -0.2) is 9.97 Å². The minimum Gasteiger partial charge on any atom is -0.377 e. The Morgan fingerprint density at radius 1 is 1.15 bits per heavy atom. The van der Waals surface area contributed by atoms with E-state index in [-0.39, 0.29) is 0 Å². The molecule has 0 unspecified atom stereocenters. The van der Waals surface area contributed by atoms with Crippen molar-refractivity contribution < 1.29 is 4.74 Å². The van der Waals surface area contributed by atoms with E-state index in [9.17, 15) is 0 Å². The van der Waals surface area contributed by atoms with Gasteiger partial charge in [0.25, 0.3) is 0 Å². The van der Waals surface area contributed by atoms with Crippen LogP contribution in [0.5, 0.6) is 0 Å². The molecule has 0 radical (unpaired) electrons. The number of aromatic nitrogens is 2. The number of nitrogens with zero attached hydrogens (tertiary/aromatic N) is 3. The summed E-state index contributed by atoms with van der Waals surface area (Å²) in [6.07, 6.45) is 2.14. The molecule has 1 aromatic rings. The van der Waals surface area contributed by atoms with Gasteiger partial charge in [0.2, 0.25) is 0 Å². The molecular formula is C14H27N5O. The molecule has 6 nitrogen and oxygen atoms in total. The second kappa shape index (κ2) is 9.50. The molecule has 0 aliphatic carbocycles. The summed E-state index contributed by atoms with van der Waals surface area (Å²) in [5, 5.41) is 6.63. The summed E-state index contributed by atoms with van der Waals surface area (Å²) in [7, 11) is 5.81. The van der Waals surface area contributed by atoms with E-state index in [2.05, 4.69) is 46.5 Å². The zero-order chi connectivity index (χ0) is 14.8. The van der Waals surface area contributed by atoms with Crippen molar-refractivity contribution in [1.82, 2.24) is 14.9 Å². The van der Waals surface area contributed by atoms with Crippen molar-refractivity contribution in [2.75, 3.05) is 51.5 Å². The highest BCUT2D eigenvalue weighted by molar-refractivity contribution is 5.47. The molecule has 0 fully saturated rings. The molecule has 6 heteroatoms. The first-order chi connectivity index (χ1) is 9.65. The fourth-order valence-electron chi connectivity index (χ4n) is 1.74. The van der Waals surface area contributed by atoms with Gasteiger partial charge in [0.05, 0.1) is 0 Å². The summed E-state index contributed by atoms with van der Waals surface area (Å²) in [6.45, 7) is 5.42. The standard InChI is InChI=1S/C14H27N5O/c1-5-7-15-12-10-13(16-8-6-9-19(2)3)18-14(17-12)11-20-4/h10H,5-9,11H2,1-4H3,(H2,15,16,17,18). The molecular weight excluding hydrogens is 254 g/mol. The number of anilines is 2. The Balaban J connectivity index is 2.60. The van der Waals surface area contributed by atoms with Crippen molar-refractivity contribution in [3.05, 3.63) is 11.9 Å². The average Bonchev–Trinajstić information content (AvgIpc) is 2.41. The first-order valence-corrected chi connectivity index (χ1v) is 7.15. The van der Waals surface area contributed by atoms with Crippen LogP contribution in [0.2, 0.25) is 0 Å². The lowest BCUT2D eigenvalue weighted by Crippen LogP contribution is -2.17. The Hall–Kier alpha value is -1.40. The molecule has 114 valence electrons. The van der Waals surface area contributed by atoms with Gasteiger partial charge in [-0.2, -0.15) is 0 Å². The van der Waals surface area contributed by atoms with Gasteiger partial charge >= 0.3 is 0 Å². The van der Waals surface area contributed by atoms with Crippen LogP contribution in [0.25, 0.3) is 0 Å². The van der Waals surface area contributed by atoms with Gasteiger partial charge in [-0.15, -0.1) is 0 Å². The minimum atomic E-state index is 0.425. The maximum Gasteiger partial charge on any atom is 0.158 e. The molecule has 1 aromatic heterocycles. The van der Waals surface area contributed by atoms with E-state index in [0.29, 0.717) is 12.4 Å². The average molecular weight is 281 g/mol. The Labute approximate surface area is 121 Å². The highest BCUT2D eigenvalue weighted by atomic mass is 16.5. The van der Waals surface area contributed by atoms with E-state index in [0.717, 1.165) is 44.1 Å². The highest BCUT2D eigenvalue weighted by Crippen LogP contribution is 2.12. The van der Waals surface area contributed by atoms with Crippen molar-refractivity contribution >= 4 is 11.6 Å². The van der Waals surface area contributed by atoms with Gasteiger partial charge in [0.1, 0.15) is 18.2 Å². The predicted octanol–water partition coefficient (Wildman–Crippen LogP) is 1.81. The normalized spacial score (nSPS) is 10.8. The van der Waals surface area contributed by atoms with Crippen LogP contribution in [0, 0.1) is 0 Å². The molecule has 0 aromatic carbocycles. The summed E-state index contributed by atoms with van der Waals surface area (Å²) < 4.78 is 5.11. The number of hydrogen-bond acceptors (Lipinski definition) is 6. The molecule has 0 aliphatic heterocycles. The lowest BCUT2D eigenvalue weighted by Gasteiger charge is -2.12. The summed E-state index contributed by atoms with van der Waals surface area (Å²) in [5.74, 6) is 2.40. The van der Waals surface area contributed by atoms with E-state index in [1.54, 1.807) is 7.11 Å². The fraction of sp³-hybridized carbons (Fsp3) is 0.714. The zero-order valence-corrected chi connectivity index (χ0v) is 13.1. The van der Waals surface area contributed by atoms with E-state index in [1.165, 1.54) is 0 Å². The van der Waals surface area contributed by atoms with Crippen LogP contribution in [0.1, 0.15) is 25.6 Å². The lowest BCUT2D eigenvalue weighted by molar-refractivity contribution is 0.178. The predicted molar refractivity (Wildman–Crippen MR) is 83.2 cm³/mol. The van der Waals surface area contributed by atoms with Gasteiger partial charge in [-0.1, -0.05) is 6.92 Å². The second-order valence-electron chi connectivity index (χ2n) is 5.00. The summed E-state index contributed by atoms with van der Waals surface area (Å²) >= 11 is 0. The third-order valence-corrected chi connectivity index (χ3v) is 2.69. The maximum absolute atomic E-state index is 5.11. The van der Waals surface area contributed by atoms with Crippen molar-refractivity contribution in [2.45, 2.75) is 26.4 Å². The number of methoxy groups -OCH3 is 1. The largest absolute Gasteiger partial charge is 0.377 e. The molecule has 2 N–H and O–H groups in total. The second-order valence-corrected chi connectivity index (χ2v) is 5.00. The molecule has 0 saturated carbocycles. The van der Waals surface area contributed by atoms with E-state index < -0.39 is 0 Å². The SMILES string of the molecule is CCCNc1cc(NCCCN(C)C)nc(COC)n1. The Morgan fingerprint density at radius 2 is 1.80 bits per heavy atom. The van der Waals surface area contributed by atoms with Crippen molar-refractivity contribution in [3.63, 3.8) is 0 Å². The summed E-state index contributed by atoms with van der Waals surface area (Å²) in [5.41, 5.74) is 0. The molecule has 0 atom stereocenters. The number of hydrogen-bond donors (Lipinski definition) is 2. The molecule has 20 heavy (non-hydrogen) atoms. The number of rotatable bonds is 10. The van der Waals surface area contributed by atoms with E-state index >= 15 is 0 Å². The first-order valence-electron chi connectivity index (χ1n) is 7.15. The molecule has 0 amide bonds. The third-order valence-electron chi connectivity index (χ3n) is 2.69. The van der Waals surface area contributed by atoms with E-state index in [1.807, 2.05) is 6.07 Å². The quantitative estimate of drug-likeness (QED) is 0.638. The van der Waals surface area contributed by atoms with Gasteiger partial charge in [-0.3, -0.25) is 0 Å². The van der Waals surface area contributed by atoms with Crippen LogP contribution in [0.3, 0.4) is 0 Å². The monoisotopic (exact) mass is 281 g/mol. The summed E-state index contributed by atoms with van der Waals surface area (Å²) in [6, 6.07) is 1.95. The lowest BCUT2D eigenvalue weighted by atomic mass is 10.4.